The number of benzene rings is 1. The Hall–Kier alpha value is -2.86. The van der Waals surface area contributed by atoms with Crippen molar-refractivity contribution >= 4 is 34.5 Å². The molecule has 32 heavy (non-hydrogen) atoms. The summed E-state index contributed by atoms with van der Waals surface area (Å²) in [6, 6.07) is 9.30. The van der Waals surface area contributed by atoms with Crippen LogP contribution in [0.2, 0.25) is 0 Å². The molecule has 0 radical (unpaired) electrons. The Kier molecular flexibility index (Phi) is 7.91. The smallest absolute Gasteiger partial charge is 0.316 e. The maximum Gasteiger partial charge on any atom is 0.316 e. The molecule has 0 bridgehead atoms. The summed E-state index contributed by atoms with van der Waals surface area (Å²) < 4.78 is 6.69. The number of nitriles is 1. The monoisotopic (exact) mass is 456 g/mol. The van der Waals surface area contributed by atoms with E-state index in [9.17, 15) is 19.6 Å². The normalized spacial score (nSPS) is 14.9. The lowest BCUT2D eigenvalue weighted by Gasteiger charge is -2.21. The van der Waals surface area contributed by atoms with Crippen molar-refractivity contribution in [1.82, 2.24) is 14.9 Å². The maximum absolute atomic E-state index is 13.0. The van der Waals surface area contributed by atoms with Gasteiger partial charge in [-0.15, -0.1) is 0 Å². The molecule has 1 amide bonds. The number of carbonyl (C=O) groups excluding carboxylic acids is 2. The first-order chi connectivity index (χ1) is 15.3. The molecule has 0 spiro atoms. The molecule has 170 valence electrons. The molecule has 2 aromatic rings. The predicted molar refractivity (Wildman–Crippen MR) is 122 cm³/mol. The average Bonchev–Trinajstić information content (AvgIpc) is 3.24. The van der Waals surface area contributed by atoms with Crippen LogP contribution in [0.4, 0.5) is 0 Å². The molecule has 3 rings (SSSR count). The largest absolute Gasteiger partial charge is 0.455 e. The van der Waals surface area contributed by atoms with Crippen LogP contribution < -0.4 is 10.9 Å². The van der Waals surface area contributed by atoms with Gasteiger partial charge in [-0.3, -0.25) is 19.0 Å². The zero-order chi connectivity index (χ0) is 23.1. The van der Waals surface area contributed by atoms with Crippen molar-refractivity contribution in [1.29, 1.82) is 5.26 Å². The van der Waals surface area contributed by atoms with Crippen molar-refractivity contribution in [2.45, 2.75) is 63.2 Å². The standard InChI is InChI=1S/C23H28N4O4S/c1-16(2)9-12-27-21(30)17-7-3-4-8-18(17)25-22(27)32-14-20(29)31-13-19(28)26-23(15-24)10-5-6-11-23/h3-4,7-8,16H,5-6,9-14H2,1-2H3,(H,26,28). The third-order valence-corrected chi connectivity index (χ3v) is 6.44. The molecule has 0 aliphatic heterocycles. The summed E-state index contributed by atoms with van der Waals surface area (Å²) in [6.07, 6.45) is 3.81. The lowest BCUT2D eigenvalue weighted by molar-refractivity contribution is -0.146. The quantitative estimate of drug-likeness (QED) is 0.350. The minimum atomic E-state index is -0.847. The lowest BCUT2D eigenvalue weighted by atomic mass is 10.00. The van der Waals surface area contributed by atoms with Gasteiger partial charge in [-0.1, -0.05) is 37.7 Å². The van der Waals surface area contributed by atoms with Gasteiger partial charge in [0.25, 0.3) is 11.5 Å². The number of fused-ring (bicyclic) bond motifs is 1. The van der Waals surface area contributed by atoms with Gasteiger partial charge in [0.15, 0.2) is 11.8 Å². The number of aromatic nitrogens is 2. The summed E-state index contributed by atoms with van der Waals surface area (Å²) in [4.78, 5) is 41.9. The number of ether oxygens (including phenoxy) is 1. The van der Waals surface area contributed by atoms with Crippen LogP contribution in [0.25, 0.3) is 10.9 Å². The summed E-state index contributed by atoms with van der Waals surface area (Å²) in [5, 5.41) is 13.0. The molecule has 0 unspecified atom stereocenters. The third kappa shape index (κ3) is 5.88. The number of esters is 1. The predicted octanol–water partition coefficient (Wildman–Crippen LogP) is 3.03. The number of thioether (sulfide) groups is 1. The van der Waals surface area contributed by atoms with Gasteiger partial charge in [0.05, 0.1) is 22.7 Å². The summed E-state index contributed by atoms with van der Waals surface area (Å²) in [6.45, 7) is 4.23. The van der Waals surface area contributed by atoms with Gasteiger partial charge < -0.3 is 10.1 Å². The Morgan fingerprint density at radius 3 is 2.72 bits per heavy atom. The number of rotatable bonds is 9. The Balaban J connectivity index is 1.62. The molecule has 1 fully saturated rings. The van der Waals surface area contributed by atoms with Crippen LogP contribution in [0.5, 0.6) is 0 Å². The molecule has 8 nitrogen and oxygen atoms in total. The molecular weight excluding hydrogens is 428 g/mol. The van der Waals surface area contributed by atoms with E-state index in [0.717, 1.165) is 31.0 Å². The Bertz CT molecular complexity index is 1080. The molecular formula is C23H28N4O4S. The number of hydrogen-bond donors (Lipinski definition) is 1. The number of amides is 1. The van der Waals surface area contributed by atoms with Gasteiger partial charge in [-0.2, -0.15) is 5.26 Å². The highest BCUT2D eigenvalue weighted by molar-refractivity contribution is 7.99. The van der Waals surface area contributed by atoms with E-state index < -0.39 is 24.0 Å². The van der Waals surface area contributed by atoms with Crippen LogP contribution in [0.1, 0.15) is 46.0 Å². The number of carbonyl (C=O) groups is 2. The van der Waals surface area contributed by atoms with Crippen LogP contribution >= 0.6 is 11.8 Å². The minimum Gasteiger partial charge on any atom is -0.455 e. The fourth-order valence-corrected chi connectivity index (χ4v) is 4.52. The van der Waals surface area contributed by atoms with Crippen molar-refractivity contribution in [2.75, 3.05) is 12.4 Å². The van der Waals surface area contributed by atoms with Crippen LogP contribution in [-0.2, 0) is 20.9 Å². The first kappa shape index (κ1) is 23.8. The topological polar surface area (TPSA) is 114 Å². The van der Waals surface area contributed by atoms with Crippen LogP contribution in [0.3, 0.4) is 0 Å². The molecule has 1 aromatic heterocycles. The molecule has 1 aliphatic rings. The zero-order valence-electron chi connectivity index (χ0n) is 18.4. The molecule has 1 heterocycles. The zero-order valence-corrected chi connectivity index (χ0v) is 19.2. The van der Waals surface area contributed by atoms with Crippen LogP contribution in [0.15, 0.2) is 34.2 Å². The number of hydrogen-bond acceptors (Lipinski definition) is 7. The Labute approximate surface area is 191 Å². The molecule has 0 atom stereocenters. The van der Waals surface area contributed by atoms with E-state index in [2.05, 4.69) is 30.2 Å². The van der Waals surface area contributed by atoms with Gasteiger partial charge in [0, 0.05) is 6.54 Å². The van der Waals surface area contributed by atoms with Gasteiger partial charge in [-0.05, 0) is 50.2 Å². The molecule has 9 heteroatoms. The van der Waals surface area contributed by atoms with Crippen LogP contribution in [-0.4, -0.2) is 39.3 Å². The SMILES string of the molecule is CC(C)CCn1c(SCC(=O)OCC(=O)NC2(C#N)CCCC2)nc2ccccc2c1=O. The lowest BCUT2D eigenvalue weighted by Crippen LogP contribution is -2.46. The van der Waals surface area contributed by atoms with Gasteiger partial charge in [0.1, 0.15) is 5.54 Å². The van der Waals surface area contributed by atoms with E-state index in [4.69, 9.17) is 4.74 Å². The van der Waals surface area contributed by atoms with Crippen molar-refractivity contribution in [2.24, 2.45) is 5.92 Å². The highest BCUT2D eigenvalue weighted by Gasteiger charge is 2.35. The maximum atomic E-state index is 13.0. The summed E-state index contributed by atoms with van der Waals surface area (Å²) in [5.41, 5.74) is -0.406. The first-order valence-corrected chi connectivity index (χ1v) is 11.8. The van der Waals surface area contributed by atoms with Crippen molar-refractivity contribution in [3.05, 3.63) is 34.6 Å². The minimum absolute atomic E-state index is 0.0802. The Morgan fingerprint density at radius 1 is 1.31 bits per heavy atom. The second-order valence-electron chi connectivity index (χ2n) is 8.45. The number of nitrogens with one attached hydrogen (secondary N) is 1. The molecule has 0 saturated heterocycles. The fourth-order valence-electron chi connectivity index (χ4n) is 3.70. The number of nitrogens with zero attached hydrogens (tertiary/aromatic N) is 3. The third-order valence-electron chi connectivity index (χ3n) is 5.49. The van der Waals surface area contributed by atoms with Crippen molar-refractivity contribution < 1.29 is 14.3 Å². The molecule has 1 aromatic carbocycles. The average molecular weight is 457 g/mol. The molecule has 1 saturated carbocycles. The van der Waals surface area contributed by atoms with E-state index in [1.807, 2.05) is 6.07 Å². The van der Waals surface area contributed by atoms with E-state index in [1.54, 1.807) is 22.8 Å². The van der Waals surface area contributed by atoms with Gasteiger partial charge in [-0.25, -0.2) is 4.98 Å². The second kappa shape index (κ2) is 10.6. The van der Waals surface area contributed by atoms with Crippen molar-refractivity contribution in [3.8, 4) is 6.07 Å². The van der Waals surface area contributed by atoms with Crippen LogP contribution in [0, 0.1) is 17.2 Å². The summed E-state index contributed by atoms with van der Waals surface area (Å²) in [5.74, 6) is -0.737. The van der Waals surface area contributed by atoms with Gasteiger partial charge in [0.2, 0.25) is 0 Å². The van der Waals surface area contributed by atoms with E-state index >= 15 is 0 Å². The molecule has 1 N–H and O–H groups in total. The summed E-state index contributed by atoms with van der Waals surface area (Å²) in [7, 11) is 0. The molecule has 1 aliphatic carbocycles. The first-order valence-electron chi connectivity index (χ1n) is 10.8. The fraction of sp³-hybridized carbons (Fsp3) is 0.522. The number of para-hydroxylation sites is 1. The van der Waals surface area contributed by atoms with Gasteiger partial charge >= 0.3 is 5.97 Å². The highest BCUT2D eigenvalue weighted by Crippen LogP contribution is 2.28. The highest BCUT2D eigenvalue weighted by atomic mass is 32.2. The van der Waals surface area contributed by atoms with E-state index in [0.29, 0.717) is 41.4 Å². The second-order valence-corrected chi connectivity index (χ2v) is 9.39. The van der Waals surface area contributed by atoms with E-state index in [-0.39, 0.29) is 11.3 Å². The van der Waals surface area contributed by atoms with E-state index in [1.165, 1.54) is 0 Å². The summed E-state index contributed by atoms with van der Waals surface area (Å²) >= 11 is 1.12. The Morgan fingerprint density at radius 2 is 2.03 bits per heavy atom. The van der Waals surface area contributed by atoms with Crippen molar-refractivity contribution in [3.63, 3.8) is 0 Å².